The number of aliphatic hydroxyl groups excluding tert-OH is 2. The van der Waals surface area contributed by atoms with E-state index in [2.05, 4.69) is 24.0 Å². The van der Waals surface area contributed by atoms with Crippen LogP contribution in [0.5, 0.6) is 0 Å². The molecule has 3 heteroatoms. The number of aliphatic hydroxyl groups is 2. The summed E-state index contributed by atoms with van der Waals surface area (Å²) >= 11 is 0. The van der Waals surface area contributed by atoms with Crippen LogP contribution in [-0.2, 0) is 13.2 Å². The third-order valence-electron chi connectivity index (χ3n) is 3.15. The third-order valence-corrected chi connectivity index (χ3v) is 3.15. The van der Waals surface area contributed by atoms with E-state index in [0.29, 0.717) is 12.6 Å². The van der Waals surface area contributed by atoms with E-state index in [1.54, 1.807) is 0 Å². The van der Waals surface area contributed by atoms with Crippen molar-refractivity contribution in [2.24, 2.45) is 0 Å². The van der Waals surface area contributed by atoms with Gasteiger partial charge in [-0.2, -0.15) is 0 Å². The standard InChI is InChI=1S/C12H17NO2/c1-9-12-6-10(8-15)2-3-11(12)7-13(9)4-5-14/h2-3,6,9,14-15H,4-5,7-8H2,1H3. The van der Waals surface area contributed by atoms with E-state index in [4.69, 9.17) is 10.2 Å². The average Bonchev–Trinajstić information content (AvgIpc) is 2.56. The molecule has 3 nitrogen and oxygen atoms in total. The van der Waals surface area contributed by atoms with Gasteiger partial charge in [-0.3, -0.25) is 4.90 Å². The zero-order chi connectivity index (χ0) is 10.8. The van der Waals surface area contributed by atoms with Gasteiger partial charge in [0.15, 0.2) is 0 Å². The van der Waals surface area contributed by atoms with Crippen molar-refractivity contribution < 1.29 is 10.2 Å². The van der Waals surface area contributed by atoms with Gasteiger partial charge in [-0.15, -0.1) is 0 Å². The third kappa shape index (κ3) is 1.91. The zero-order valence-electron chi connectivity index (χ0n) is 8.98. The van der Waals surface area contributed by atoms with Crippen molar-refractivity contribution in [3.8, 4) is 0 Å². The number of rotatable bonds is 3. The lowest BCUT2D eigenvalue weighted by Gasteiger charge is -2.19. The molecule has 0 amide bonds. The predicted molar refractivity (Wildman–Crippen MR) is 58.3 cm³/mol. The molecule has 0 aliphatic carbocycles. The Bertz CT molecular complexity index is 351. The maximum absolute atomic E-state index is 9.07. The number of fused-ring (bicyclic) bond motifs is 1. The maximum atomic E-state index is 9.07. The molecule has 0 saturated carbocycles. The van der Waals surface area contributed by atoms with E-state index >= 15 is 0 Å². The molecular formula is C12H17NO2. The zero-order valence-corrected chi connectivity index (χ0v) is 8.98. The minimum absolute atomic E-state index is 0.0972. The summed E-state index contributed by atoms with van der Waals surface area (Å²) in [6.07, 6.45) is 0. The Morgan fingerprint density at radius 2 is 2.20 bits per heavy atom. The van der Waals surface area contributed by atoms with Crippen molar-refractivity contribution in [2.45, 2.75) is 26.1 Å². The van der Waals surface area contributed by atoms with E-state index in [1.807, 2.05) is 6.07 Å². The van der Waals surface area contributed by atoms with Crippen LogP contribution in [0.4, 0.5) is 0 Å². The largest absolute Gasteiger partial charge is 0.395 e. The Morgan fingerprint density at radius 3 is 2.87 bits per heavy atom. The van der Waals surface area contributed by atoms with Crippen molar-refractivity contribution in [1.29, 1.82) is 0 Å². The molecule has 1 aliphatic heterocycles. The summed E-state index contributed by atoms with van der Waals surface area (Å²) in [4.78, 5) is 2.24. The minimum atomic E-state index is 0.0972. The topological polar surface area (TPSA) is 43.7 Å². The van der Waals surface area contributed by atoms with Gasteiger partial charge in [-0.25, -0.2) is 0 Å². The second-order valence-corrected chi connectivity index (χ2v) is 4.06. The van der Waals surface area contributed by atoms with Crippen LogP contribution in [0.15, 0.2) is 18.2 Å². The summed E-state index contributed by atoms with van der Waals surface area (Å²) in [5.74, 6) is 0. The minimum Gasteiger partial charge on any atom is -0.395 e. The summed E-state index contributed by atoms with van der Waals surface area (Å²) in [6.45, 7) is 4.06. The molecule has 82 valence electrons. The van der Waals surface area contributed by atoms with Crippen molar-refractivity contribution in [3.05, 3.63) is 34.9 Å². The molecule has 1 aliphatic rings. The highest BCUT2D eigenvalue weighted by atomic mass is 16.3. The molecule has 1 aromatic rings. The molecule has 0 spiro atoms. The lowest BCUT2D eigenvalue weighted by molar-refractivity contribution is 0.169. The summed E-state index contributed by atoms with van der Waals surface area (Å²) in [5.41, 5.74) is 3.56. The fraction of sp³-hybridized carbons (Fsp3) is 0.500. The number of benzene rings is 1. The summed E-state index contributed by atoms with van der Waals surface area (Å²) in [6, 6.07) is 6.46. The number of hydrogen-bond acceptors (Lipinski definition) is 3. The van der Waals surface area contributed by atoms with E-state index < -0.39 is 0 Å². The van der Waals surface area contributed by atoms with Crippen LogP contribution < -0.4 is 0 Å². The van der Waals surface area contributed by atoms with Gasteiger partial charge in [-0.05, 0) is 23.6 Å². The quantitative estimate of drug-likeness (QED) is 0.778. The highest BCUT2D eigenvalue weighted by Gasteiger charge is 2.25. The number of hydrogen-bond donors (Lipinski definition) is 2. The Kier molecular flexibility index (Phi) is 3.05. The van der Waals surface area contributed by atoms with E-state index in [0.717, 1.165) is 12.1 Å². The first-order chi connectivity index (χ1) is 7.26. The van der Waals surface area contributed by atoms with Crippen LogP contribution >= 0.6 is 0 Å². The van der Waals surface area contributed by atoms with E-state index in [1.165, 1.54) is 11.1 Å². The van der Waals surface area contributed by atoms with Crippen molar-refractivity contribution in [1.82, 2.24) is 4.90 Å². The predicted octanol–water partition coefficient (Wildman–Crippen LogP) is 1.05. The molecule has 1 atom stereocenters. The van der Waals surface area contributed by atoms with Gasteiger partial charge < -0.3 is 10.2 Å². The van der Waals surface area contributed by atoms with Crippen LogP contribution in [0.2, 0.25) is 0 Å². The smallest absolute Gasteiger partial charge is 0.0681 e. The Hall–Kier alpha value is -0.900. The maximum Gasteiger partial charge on any atom is 0.0681 e. The van der Waals surface area contributed by atoms with Crippen molar-refractivity contribution in [2.75, 3.05) is 13.2 Å². The molecule has 1 aromatic carbocycles. The second-order valence-electron chi connectivity index (χ2n) is 4.06. The fourth-order valence-electron chi connectivity index (χ4n) is 2.23. The summed E-state index contributed by atoms with van der Waals surface area (Å²) < 4.78 is 0. The van der Waals surface area contributed by atoms with Crippen molar-refractivity contribution >= 4 is 0 Å². The van der Waals surface area contributed by atoms with Gasteiger partial charge in [0, 0.05) is 19.1 Å². The molecular weight excluding hydrogens is 190 g/mol. The van der Waals surface area contributed by atoms with E-state index in [9.17, 15) is 0 Å². The molecule has 0 radical (unpaired) electrons. The van der Waals surface area contributed by atoms with Gasteiger partial charge in [0.25, 0.3) is 0 Å². The molecule has 15 heavy (non-hydrogen) atoms. The molecule has 0 fully saturated rings. The second kappa shape index (κ2) is 4.31. The van der Waals surface area contributed by atoms with Crippen LogP contribution in [-0.4, -0.2) is 28.3 Å². The Labute approximate surface area is 90.0 Å². The van der Waals surface area contributed by atoms with Gasteiger partial charge in [-0.1, -0.05) is 18.2 Å². The van der Waals surface area contributed by atoms with Gasteiger partial charge in [0.2, 0.25) is 0 Å². The average molecular weight is 207 g/mol. The Morgan fingerprint density at radius 1 is 1.40 bits per heavy atom. The van der Waals surface area contributed by atoms with Crippen LogP contribution in [0.3, 0.4) is 0 Å². The molecule has 0 saturated heterocycles. The number of nitrogens with zero attached hydrogens (tertiary/aromatic N) is 1. The first-order valence-electron chi connectivity index (χ1n) is 5.33. The van der Waals surface area contributed by atoms with E-state index in [-0.39, 0.29) is 13.2 Å². The first-order valence-corrected chi connectivity index (χ1v) is 5.33. The van der Waals surface area contributed by atoms with Gasteiger partial charge in [0.05, 0.1) is 13.2 Å². The molecule has 2 rings (SSSR count). The highest BCUT2D eigenvalue weighted by Crippen LogP contribution is 2.33. The monoisotopic (exact) mass is 207 g/mol. The van der Waals surface area contributed by atoms with Crippen LogP contribution in [0, 0.1) is 0 Å². The summed E-state index contributed by atoms with van der Waals surface area (Å²) in [5, 5.41) is 18.0. The fourth-order valence-corrected chi connectivity index (χ4v) is 2.23. The first kappa shape index (κ1) is 10.6. The van der Waals surface area contributed by atoms with Gasteiger partial charge >= 0.3 is 0 Å². The normalized spacial score (nSPS) is 20.6. The molecule has 1 unspecified atom stereocenters. The van der Waals surface area contributed by atoms with Crippen LogP contribution in [0.1, 0.15) is 29.7 Å². The van der Waals surface area contributed by atoms with Crippen LogP contribution in [0.25, 0.3) is 0 Å². The SMILES string of the molecule is CC1c2cc(CO)ccc2CN1CCO. The lowest BCUT2D eigenvalue weighted by Crippen LogP contribution is -2.23. The molecule has 0 aromatic heterocycles. The Balaban J connectivity index is 2.25. The number of β-amino-alcohol motifs (C(OH)–C–C–N with tert-alkyl or cyclic N) is 1. The molecule has 1 heterocycles. The van der Waals surface area contributed by atoms with Gasteiger partial charge in [0.1, 0.15) is 0 Å². The molecule has 2 N–H and O–H groups in total. The summed E-state index contributed by atoms with van der Waals surface area (Å²) in [7, 11) is 0. The lowest BCUT2D eigenvalue weighted by atomic mass is 10.0. The molecule has 0 bridgehead atoms. The highest BCUT2D eigenvalue weighted by molar-refractivity contribution is 5.37. The van der Waals surface area contributed by atoms with Crippen molar-refractivity contribution in [3.63, 3.8) is 0 Å².